The maximum atomic E-state index is 12.4. The van der Waals surface area contributed by atoms with Gasteiger partial charge in [0.05, 0.1) is 28.4 Å². The lowest BCUT2D eigenvalue weighted by molar-refractivity contribution is -0.135. The minimum atomic E-state index is -3.42. The van der Waals surface area contributed by atoms with Crippen LogP contribution in [0.25, 0.3) is 12.2 Å². The summed E-state index contributed by atoms with van der Waals surface area (Å²) in [4.78, 5) is 22.2. The number of benzene rings is 4. The monoisotopic (exact) mass is 646 g/mol. The summed E-state index contributed by atoms with van der Waals surface area (Å²) < 4.78 is 54.2. The highest BCUT2D eigenvalue weighted by atomic mass is 32.2. The van der Waals surface area contributed by atoms with Crippen LogP contribution in [0, 0.1) is 13.8 Å². The van der Waals surface area contributed by atoms with Gasteiger partial charge >= 0.3 is 11.9 Å². The number of ether oxygens (including phenoxy) is 1. The first kappa shape index (κ1) is 34.7. The van der Waals surface area contributed by atoms with Crippen LogP contribution in [-0.4, -0.2) is 41.0 Å². The van der Waals surface area contributed by atoms with E-state index in [2.05, 4.69) is 4.74 Å². The maximum absolute atomic E-state index is 12.4. The van der Waals surface area contributed by atoms with Crippen molar-refractivity contribution in [3.63, 3.8) is 0 Å². The third-order valence-corrected chi connectivity index (χ3v) is 9.81. The molecule has 0 saturated carbocycles. The molecule has 45 heavy (non-hydrogen) atoms. The average molecular weight is 647 g/mol. The lowest BCUT2D eigenvalue weighted by Gasteiger charge is -2.06. The molecule has 0 aliphatic rings. The summed E-state index contributed by atoms with van der Waals surface area (Å²) in [5.41, 5.74) is 4.69. The summed E-state index contributed by atoms with van der Waals surface area (Å²) in [5, 5.41) is 8.62. The van der Waals surface area contributed by atoms with Crippen molar-refractivity contribution < 1.29 is 36.3 Å². The van der Waals surface area contributed by atoms with Crippen LogP contribution < -0.4 is 0 Å². The number of aryl methyl sites for hydroxylation is 2. The Balaban J connectivity index is 0.000000246. The molecular weight excluding hydrogens is 613 g/mol. The lowest BCUT2D eigenvalue weighted by Crippen LogP contribution is -2.05. The van der Waals surface area contributed by atoms with Crippen molar-refractivity contribution >= 4 is 43.8 Å². The number of aliphatic carboxylic acids is 1. The molecule has 0 atom stereocenters. The van der Waals surface area contributed by atoms with Gasteiger partial charge in [-0.3, -0.25) is 0 Å². The van der Waals surface area contributed by atoms with Crippen LogP contribution >= 0.6 is 0 Å². The van der Waals surface area contributed by atoms with E-state index < -0.39 is 31.6 Å². The fourth-order valence-corrected chi connectivity index (χ4v) is 6.74. The van der Waals surface area contributed by atoms with E-state index in [4.69, 9.17) is 5.11 Å². The first-order valence-corrected chi connectivity index (χ1v) is 17.0. The molecule has 0 bridgehead atoms. The van der Waals surface area contributed by atoms with E-state index in [0.717, 1.165) is 22.8 Å². The predicted molar refractivity (Wildman–Crippen MR) is 175 cm³/mol. The van der Waals surface area contributed by atoms with Gasteiger partial charge in [-0.2, -0.15) is 0 Å². The summed E-state index contributed by atoms with van der Waals surface area (Å²) in [5.74, 6) is -1.71. The minimum Gasteiger partial charge on any atom is -0.478 e. The lowest BCUT2D eigenvalue weighted by atomic mass is 10.1. The van der Waals surface area contributed by atoms with E-state index in [0.29, 0.717) is 21.6 Å². The molecule has 234 valence electrons. The number of rotatable bonds is 10. The first-order chi connectivity index (χ1) is 21.3. The number of esters is 1. The molecule has 10 heteroatoms. The zero-order chi connectivity index (χ0) is 33.0. The Bertz CT molecular complexity index is 1910. The number of methoxy groups -OCH3 is 1. The normalized spacial score (nSPS) is 11.6. The van der Waals surface area contributed by atoms with Crippen LogP contribution in [0.3, 0.4) is 0 Å². The highest BCUT2D eigenvalue weighted by Gasteiger charge is 2.16. The van der Waals surface area contributed by atoms with E-state index in [9.17, 15) is 26.4 Å². The summed E-state index contributed by atoms with van der Waals surface area (Å²) in [6.45, 7) is 3.81. The fraction of sp³-hybridized carbons (Fsp3) is 0.143. The van der Waals surface area contributed by atoms with E-state index in [1.165, 1.54) is 19.3 Å². The molecule has 0 fully saturated rings. The molecular formula is C35H34O8S2. The number of carbonyl (C=O) groups is 2. The molecule has 0 heterocycles. The second kappa shape index (κ2) is 15.8. The molecule has 0 unspecified atom stereocenters. The quantitative estimate of drug-likeness (QED) is 0.159. The number of hydrogen-bond acceptors (Lipinski definition) is 7. The Kier molecular flexibility index (Phi) is 12.2. The molecule has 4 rings (SSSR count). The molecule has 0 amide bonds. The Labute approximate surface area is 264 Å². The standard InChI is InChI=1S/C18H18O4S.C17H16O4S/c1-14-6-9-17(10-7-14)23(20,21)13-16-5-3-4-15(12-16)8-11-18(19)22-2;1-13-5-8-16(9-6-13)22(20,21)12-15-4-2-3-14(11-15)7-10-17(18)19/h3-12H,13H2,1-2H3;2-11H,12H2,1H3,(H,18,19)/b11-8+;10-7+. The second-order valence-corrected chi connectivity index (χ2v) is 14.1. The minimum absolute atomic E-state index is 0.0873. The van der Waals surface area contributed by atoms with Gasteiger partial charge in [0.1, 0.15) is 0 Å². The summed E-state index contributed by atoms with van der Waals surface area (Å²) in [7, 11) is -5.51. The summed E-state index contributed by atoms with van der Waals surface area (Å²) in [6, 6.07) is 27.4. The number of sulfone groups is 2. The summed E-state index contributed by atoms with van der Waals surface area (Å²) in [6.07, 6.45) is 5.35. The molecule has 8 nitrogen and oxygen atoms in total. The zero-order valence-electron chi connectivity index (χ0n) is 25.1. The van der Waals surface area contributed by atoms with Gasteiger partial charge in [-0.15, -0.1) is 0 Å². The van der Waals surface area contributed by atoms with Gasteiger partial charge in [0.2, 0.25) is 0 Å². The predicted octanol–water partition coefficient (Wildman–Crippen LogP) is 6.22. The highest BCUT2D eigenvalue weighted by Crippen LogP contribution is 2.20. The Hall–Kier alpha value is -4.80. The van der Waals surface area contributed by atoms with Crippen molar-refractivity contribution in [1.29, 1.82) is 0 Å². The molecule has 0 aromatic heterocycles. The van der Waals surface area contributed by atoms with Gasteiger partial charge in [-0.05, 0) is 72.5 Å². The van der Waals surface area contributed by atoms with Crippen LogP contribution in [0.5, 0.6) is 0 Å². The van der Waals surface area contributed by atoms with Crippen molar-refractivity contribution in [2.24, 2.45) is 0 Å². The van der Waals surface area contributed by atoms with Gasteiger partial charge < -0.3 is 9.84 Å². The molecule has 0 radical (unpaired) electrons. The Morgan fingerprint density at radius 1 is 0.644 bits per heavy atom. The van der Waals surface area contributed by atoms with Gasteiger partial charge in [-0.1, -0.05) is 83.9 Å². The van der Waals surface area contributed by atoms with Gasteiger partial charge in [-0.25, -0.2) is 26.4 Å². The van der Waals surface area contributed by atoms with Crippen molar-refractivity contribution in [2.75, 3.05) is 7.11 Å². The van der Waals surface area contributed by atoms with Crippen LogP contribution in [0.15, 0.2) is 119 Å². The molecule has 0 spiro atoms. The molecule has 0 aliphatic heterocycles. The molecule has 1 N–H and O–H groups in total. The van der Waals surface area contributed by atoms with Crippen molar-refractivity contribution in [2.45, 2.75) is 35.1 Å². The van der Waals surface area contributed by atoms with E-state index in [1.807, 2.05) is 13.8 Å². The Morgan fingerprint density at radius 3 is 1.42 bits per heavy atom. The molecule has 4 aromatic carbocycles. The van der Waals surface area contributed by atoms with Crippen molar-refractivity contribution in [3.8, 4) is 0 Å². The first-order valence-electron chi connectivity index (χ1n) is 13.7. The number of carbonyl (C=O) groups excluding carboxylic acids is 1. The van der Waals surface area contributed by atoms with Gasteiger partial charge in [0.25, 0.3) is 0 Å². The third-order valence-electron chi connectivity index (χ3n) is 6.41. The second-order valence-electron chi connectivity index (χ2n) is 10.2. The fourth-order valence-electron chi connectivity index (χ4n) is 4.07. The van der Waals surface area contributed by atoms with E-state index in [1.54, 1.807) is 103 Å². The molecule has 0 saturated heterocycles. The van der Waals surface area contributed by atoms with Crippen molar-refractivity contribution in [3.05, 3.63) is 143 Å². The number of hydrogen-bond donors (Lipinski definition) is 1. The van der Waals surface area contributed by atoms with E-state index >= 15 is 0 Å². The number of carboxylic acid groups (broad SMARTS) is 1. The smallest absolute Gasteiger partial charge is 0.330 e. The van der Waals surface area contributed by atoms with Crippen LogP contribution in [0.4, 0.5) is 0 Å². The van der Waals surface area contributed by atoms with Crippen molar-refractivity contribution in [1.82, 2.24) is 0 Å². The van der Waals surface area contributed by atoms with E-state index in [-0.39, 0.29) is 16.4 Å². The SMILES string of the molecule is COC(=O)/C=C/c1cccc(CS(=O)(=O)c2ccc(C)cc2)c1.Cc1ccc(S(=O)(=O)Cc2cccc(/C=C/C(=O)O)c2)cc1. The third kappa shape index (κ3) is 11.3. The van der Waals surface area contributed by atoms with Gasteiger partial charge in [0.15, 0.2) is 19.7 Å². The topological polar surface area (TPSA) is 132 Å². The zero-order valence-corrected chi connectivity index (χ0v) is 26.7. The van der Waals surface area contributed by atoms with Gasteiger partial charge in [0, 0.05) is 12.2 Å². The number of carboxylic acids is 1. The molecule has 4 aromatic rings. The van der Waals surface area contributed by atoms with Crippen LogP contribution in [-0.2, 0) is 45.5 Å². The molecule has 0 aliphatic carbocycles. The largest absolute Gasteiger partial charge is 0.478 e. The maximum Gasteiger partial charge on any atom is 0.330 e. The van der Waals surface area contributed by atoms with Crippen LogP contribution in [0.1, 0.15) is 33.4 Å². The van der Waals surface area contributed by atoms with Crippen LogP contribution in [0.2, 0.25) is 0 Å². The highest BCUT2D eigenvalue weighted by molar-refractivity contribution is 7.91. The summed E-state index contributed by atoms with van der Waals surface area (Å²) >= 11 is 0. The average Bonchev–Trinajstić information content (AvgIpc) is 2.99. The Morgan fingerprint density at radius 2 is 1.04 bits per heavy atom.